The third-order valence-corrected chi connectivity index (χ3v) is 11.5. The van der Waals surface area contributed by atoms with Gasteiger partial charge >= 0.3 is 0 Å². The highest BCUT2D eigenvalue weighted by molar-refractivity contribution is 7.45. The molecule has 0 aliphatic heterocycles. The number of hydrogen-bond donors (Lipinski definition) is 2. The van der Waals surface area contributed by atoms with Crippen LogP contribution in [-0.2, 0) is 18.4 Å². The number of unbranched alkanes of at least 4 members (excludes halogenated alkanes) is 27. The Morgan fingerprint density at radius 2 is 1.02 bits per heavy atom. The minimum absolute atomic E-state index is 0.0132. The van der Waals surface area contributed by atoms with Crippen LogP contribution in [0.4, 0.5) is 0 Å². The van der Waals surface area contributed by atoms with Gasteiger partial charge < -0.3 is 28.8 Å². The molecule has 0 aromatic carbocycles. The average Bonchev–Trinajstić information content (AvgIpc) is 3.12. The summed E-state index contributed by atoms with van der Waals surface area (Å²) in [5.41, 5.74) is 0. The van der Waals surface area contributed by atoms with Crippen LogP contribution >= 0.6 is 7.82 Å². The molecule has 0 aliphatic rings. The third-order valence-electron chi connectivity index (χ3n) is 10.5. The van der Waals surface area contributed by atoms with Crippen LogP contribution in [0.25, 0.3) is 0 Å². The monoisotopic (exact) mass is 787 g/mol. The number of phosphoric acid groups is 1. The van der Waals surface area contributed by atoms with E-state index in [0.717, 1.165) is 38.5 Å². The van der Waals surface area contributed by atoms with Crippen molar-refractivity contribution < 1.29 is 32.9 Å². The smallest absolute Gasteiger partial charge is 0.268 e. The molecule has 0 radical (unpaired) electrons. The van der Waals surface area contributed by atoms with E-state index >= 15 is 0 Å². The zero-order valence-corrected chi connectivity index (χ0v) is 37.3. The van der Waals surface area contributed by atoms with Crippen molar-refractivity contribution >= 4 is 13.7 Å². The van der Waals surface area contributed by atoms with Gasteiger partial charge in [-0.15, -0.1) is 0 Å². The molecule has 322 valence electrons. The Bertz CT molecular complexity index is 896. The fourth-order valence-corrected chi connectivity index (χ4v) is 7.52. The van der Waals surface area contributed by atoms with Crippen LogP contribution in [0.2, 0.25) is 0 Å². The van der Waals surface area contributed by atoms with Crippen molar-refractivity contribution in [2.45, 2.75) is 231 Å². The number of amides is 1. The molecule has 54 heavy (non-hydrogen) atoms. The number of aliphatic hydroxyl groups is 1. The molecular formula is C45H91N2O6P. The summed E-state index contributed by atoms with van der Waals surface area (Å²) in [4.78, 5) is 25.3. The van der Waals surface area contributed by atoms with E-state index in [4.69, 9.17) is 9.05 Å². The molecule has 1 amide bonds. The summed E-state index contributed by atoms with van der Waals surface area (Å²) in [6.45, 7) is 4.72. The van der Waals surface area contributed by atoms with Gasteiger partial charge in [-0.05, 0) is 38.5 Å². The van der Waals surface area contributed by atoms with Gasteiger partial charge in [0.2, 0.25) is 5.91 Å². The molecular weight excluding hydrogens is 695 g/mol. The number of quaternary nitrogens is 1. The van der Waals surface area contributed by atoms with E-state index in [1.165, 1.54) is 154 Å². The Hall–Kier alpha value is -0.760. The van der Waals surface area contributed by atoms with Gasteiger partial charge in [0.1, 0.15) is 13.2 Å². The van der Waals surface area contributed by atoms with Crippen molar-refractivity contribution in [3.63, 3.8) is 0 Å². The molecule has 8 nitrogen and oxygen atoms in total. The van der Waals surface area contributed by atoms with Gasteiger partial charge in [0.05, 0.1) is 39.9 Å². The molecule has 3 unspecified atom stereocenters. The predicted molar refractivity (Wildman–Crippen MR) is 229 cm³/mol. The van der Waals surface area contributed by atoms with Gasteiger partial charge in [0, 0.05) is 6.42 Å². The summed E-state index contributed by atoms with van der Waals surface area (Å²) >= 11 is 0. The van der Waals surface area contributed by atoms with E-state index in [1.807, 2.05) is 21.1 Å². The number of hydrogen-bond acceptors (Lipinski definition) is 6. The van der Waals surface area contributed by atoms with E-state index in [0.29, 0.717) is 23.9 Å². The molecule has 0 fully saturated rings. The van der Waals surface area contributed by atoms with Crippen LogP contribution in [0.15, 0.2) is 12.2 Å². The van der Waals surface area contributed by atoms with Crippen molar-refractivity contribution in [2.75, 3.05) is 40.9 Å². The van der Waals surface area contributed by atoms with Crippen molar-refractivity contribution in [3.8, 4) is 0 Å². The predicted octanol–water partition coefficient (Wildman–Crippen LogP) is 12.1. The number of carbonyl (C=O) groups excluding carboxylic acids is 1. The van der Waals surface area contributed by atoms with Crippen LogP contribution in [0.3, 0.4) is 0 Å². The zero-order chi connectivity index (χ0) is 40.0. The third kappa shape index (κ3) is 39.5. The molecule has 0 heterocycles. The molecule has 0 spiro atoms. The van der Waals surface area contributed by atoms with Gasteiger partial charge in [0.15, 0.2) is 0 Å². The fourth-order valence-electron chi connectivity index (χ4n) is 6.80. The second-order valence-electron chi connectivity index (χ2n) is 17.1. The van der Waals surface area contributed by atoms with Crippen molar-refractivity contribution in [2.24, 2.45) is 0 Å². The molecule has 0 aromatic heterocycles. The number of rotatable bonds is 42. The normalized spacial score (nSPS) is 14.4. The van der Waals surface area contributed by atoms with Crippen LogP contribution in [-0.4, -0.2) is 68.5 Å². The Morgan fingerprint density at radius 1 is 0.630 bits per heavy atom. The number of aliphatic hydroxyl groups excluding tert-OH is 1. The van der Waals surface area contributed by atoms with E-state index in [1.54, 1.807) is 0 Å². The Kier molecular flexibility index (Phi) is 37.3. The average molecular weight is 787 g/mol. The van der Waals surface area contributed by atoms with E-state index in [9.17, 15) is 19.4 Å². The first kappa shape index (κ1) is 53.2. The number of allylic oxidation sites excluding steroid dienone is 2. The van der Waals surface area contributed by atoms with Gasteiger partial charge in [-0.25, -0.2) is 0 Å². The quantitative estimate of drug-likeness (QED) is 0.0276. The van der Waals surface area contributed by atoms with Gasteiger partial charge in [-0.1, -0.05) is 187 Å². The number of phosphoric ester groups is 1. The molecule has 0 saturated heterocycles. The first-order valence-electron chi connectivity index (χ1n) is 23.0. The Labute approximate surface area is 335 Å². The summed E-state index contributed by atoms with van der Waals surface area (Å²) in [7, 11) is 1.31. The standard InChI is InChI=1S/C45H91N2O6P/c1-6-8-10-12-14-16-18-20-22-23-25-27-29-31-33-35-37-39-45(49)46-43(42-53-54(50,51)52-41-40-47(3,4)5)44(48)38-36-34-32-30-28-26-24-21-19-17-15-13-11-9-7-2/h20,22,43-44,48H,6-19,21,23-42H2,1-5H3,(H-,46,49,50,51)/b22-20-. The highest BCUT2D eigenvalue weighted by Crippen LogP contribution is 2.38. The van der Waals surface area contributed by atoms with Crippen LogP contribution in [0.5, 0.6) is 0 Å². The van der Waals surface area contributed by atoms with E-state index in [2.05, 4.69) is 31.3 Å². The van der Waals surface area contributed by atoms with Crippen molar-refractivity contribution in [1.29, 1.82) is 0 Å². The van der Waals surface area contributed by atoms with Crippen molar-refractivity contribution in [1.82, 2.24) is 5.32 Å². The van der Waals surface area contributed by atoms with Gasteiger partial charge in [0.25, 0.3) is 7.82 Å². The molecule has 9 heteroatoms. The summed E-state index contributed by atoms with van der Waals surface area (Å²) in [6.07, 6.45) is 42.0. The Balaban J connectivity index is 4.34. The molecule has 2 N–H and O–H groups in total. The van der Waals surface area contributed by atoms with Gasteiger partial charge in [-0.3, -0.25) is 9.36 Å². The molecule has 3 atom stereocenters. The van der Waals surface area contributed by atoms with Gasteiger partial charge in [-0.2, -0.15) is 0 Å². The molecule has 0 aliphatic carbocycles. The van der Waals surface area contributed by atoms with E-state index in [-0.39, 0.29) is 19.1 Å². The maximum absolute atomic E-state index is 12.9. The number of likely N-dealkylation sites (N-methyl/N-ethyl adjacent to an activating group) is 1. The fraction of sp³-hybridized carbons (Fsp3) is 0.933. The molecule has 0 bridgehead atoms. The maximum atomic E-state index is 12.9. The second-order valence-corrected chi connectivity index (χ2v) is 18.5. The lowest BCUT2D eigenvalue weighted by Gasteiger charge is -2.30. The summed E-state index contributed by atoms with van der Waals surface area (Å²) in [6, 6.07) is -0.798. The lowest BCUT2D eigenvalue weighted by Crippen LogP contribution is -2.46. The Morgan fingerprint density at radius 3 is 1.44 bits per heavy atom. The molecule has 0 aromatic rings. The summed E-state index contributed by atoms with van der Waals surface area (Å²) < 4.78 is 23.3. The SMILES string of the molecule is CCCCCCCC/C=C\CCCCCCCCCC(=O)NC(COP(=O)([O-])OCC[N+](C)(C)C)C(O)CCCCCCCCCCCCCCCCC. The maximum Gasteiger partial charge on any atom is 0.268 e. The lowest BCUT2D eigenvalue weighted by atomic mass is 10.0. The van der Waals surface area contributed by atoms with Crippen LogP contribution < -0.4 is 10.2 Å². The van der Waals surface area contributed by atoms with Crippen LogP contribution in [0, 0.1) is 0 Å². The second kappa shape index (κ2) is 37.8. The molecule has 0 saturated carbocycles. The minimum Gasteiger partial charge on any atom is -0.756 e. The largest absolute Gasteiger partial charge is 0.756 e. The van der Waals surface area contributed by atoms with E-state index < -0.39 is 20.0 Å². The minimum atomic E-state index is -4.56. The number of nitrogens with zero attached hydrogens (tertiary/aromatic N) is 1. The first-order chi connectivity index (χ1) is 26.0. The highest BCUT2D eigenvalue weighted by Gasteiger charge is 2.24. The topological polar surface area (TPSA) is 108 Å². The van der Waals surface area contributed by atoms with Crippen molar-refractivity contribution in [3.05, 3.63) is 12.2 Å². The lowest BCUT2D eigenvalue weighted by molar-refractivity contribution is -0.870. The highest BCUT2D eigenvalue weighted by atomic mass is 31.2. The first-order valence-corrected chi connectivity index (χ1v) is 24.5. The zero-order valence-electron chi connectivity index (χ0n) is 36.4. The number of carbonyl (C=O) groups is 1. The van der Waals surface area contributed by atoms with Crippen LogP contribution in [0.1, 0.15) is 219 Å². The number of nitrogens with one attached hydrogen (secondary N) is 1. The molecule has 0 rings (SSSR count). The summed E-state index contributed by atoms with van der Waals surface area (Å²) in [5, 5.41) is 13.9. The summed E-state index contributed by atoms with van der Waals surface area (Å²) in [5.74, 6) is -0.168.